The van der Waals surface area contributed by atoms with Crippen LogP contribution in [-0.2, 0) is 20.8 Å². The third-order valence-corrected chi connectivity index (χ3v) is 6.17. The Morgan fingerprint density at radius 1 is 1.22 bits per heavy atom. The molecule has 32 heavy (non-hydrogen) atoms. The van der Waals surface area contributed by atoms with Gasteiger partial charge in [-0.05, 0) is 44.5 Å². The lowest BCUT2D eigenvalue weighted by Crippen LogP contribution is -2.24. The van der Waals surface area contributed by atoms with E-state index in [4.69, 9.17) is 9.47 Å². The van der Waals surface area contributed by atoms with Gasteiger partial charge in [0.1, 0.15) is 11.8 Å². The molecular formula is C23H25N5O3S. The molecule has 0 fully saturated rings. The number of fused-ring (bicyclic) bond motifs is 2. The molecule has 3 heterocycles. The zero-order valence-electron chi connectivity index (χ0n) is 18.5. The zero-order valence-corrected chi connectivity index (χ0v) is 19.3. The van der Waals surface area contributed by atoms with Gasteiger partial charge in [-0.3, -0.25) is 4.90 Å². The molecule has 4 rings (SSSR count). The molecule has 3 aromatic rings. The van der Waals surface area contributed by atoms with Crippen LogP contribution in [0, 0.1) is 6.92 Å². The second-order valence-electron chi connectivity index (χ2n) is 7.33. The number of anilines is 2. The minimum atomic E-state index is -0.324. The highest BCUT2D eigenvalue weighted by molar-refractivity contribution is 7.99. The maximum Gasteiger partial charge on any atom is 0.333 e. The minimum Gasteiger partial charge on any atom is -0.463 e. The van der Waals surface area contributed by atoms with Crippen molar-refractivity contribution in [2.24, 2.45) is 0 Å². The maximum absolute atomic E-state index is 11.9. The lowest BCUT2D eigenvalue weighted by molar-refractivity contribution is -0.138. The number of aromatic nitrogens is 4. The van der Waals surface area contributed by atoms with Crippen molar-refractivity contribution >= 4 is 35.3 Å². The van der Waals surface area contributed by atoms with Gasteiger partial charge in [-0.1, -0.05) is 17.8 Å². The van der Waals surface area contributed by atoms with Crippen LogP contribution in [0.5, 0.6) is 0 Å². The third-order valence-electron chi connectivity index (χ3n) is 5.12. The van der Waals surface area contributed by atoms with E-state index in [9.17, 15) is 4.79 Å². The SMILES string of the molecule is CCOC(=O)C(C)=Cc1ncn(Cc2ccc3c(c2)N(COC)c2nccnc2S3)c1C. The molecule has 0 aliphatic carbocycles. The van der Waals surface area contributed by atoms with Crippen LogP contribution >= 0.6 is 11.8 Å². The van der Waals surface area contributed by atoms with Gasteiger partial charge in [0.25, 0.3) is 0 Å². The topological polar surface area (TPSA) is 82.4 Å². The summed E-state index contributed by atoms with van der Waals surface area (Å²) in [4.78, 5) is 28.5. The van der Waals surface area contributed by atoms with Crippen molar-refractivity contribution in [1.82, 2.24) is 19.5 Å². The van der Waals surface area contributed by atoms with Gasteiger partial charge >= 0.3 is 5.97 Å². The Morgan fingerprint density at radius 2 is 2.03 bits per heavy atom. The van der Waals surface area contributed by atoms with Gasteiger partial charge in [0.2, 0.25) is 0 Å². The molecule has 0 N–H and O–H groups in total. The molecular weight excluding hydrogens is 426 g/mol. The van der Waals surface area contributed by atoms with Crippen LogP contribution in [0.1, 0.15) is 30.8 Å². The zero-order chi connectivity index (χ0) is 22.7. The summed E-state index contributed by atoms with van der Waals surface area (Å²) in [6.45, 7) is 6.91. The van der Waals surface area contributed by atoms with E-state index in [1.54, 1.807) is 57.5 Å². The molecule has 0 radical (unpaired) electrons. The third kappa shape index (κ3) is 4.39. The molecule has 1 aliphatic heterocycles. The number of esters is 1. The van der Waals surface area contributed by atoms with Gasteiger partial charge in [0.05, 0.1) is 24.3 Å². The van der Waals surface area contributed by atoms with E-state index in [1.807, 2.05) is 11.8 Å². The molecule has 0 bridgehead atoms. The molecule has 0 saturated carbocycles. The van der Waals surface area contributed by atoms with Crippen LogP contribution in [-0.4, -0.2) is 45.9 Å². The molecule has 0 unspecified atom stereocenters. The first-order valence-corrected chi connectivity index (χ1v) is 11.1. The van der Waals surface area contributed by atoms with E-state index in [1.165, 1.54) is 0 Å². The monoisotopic (exact) mass is 451 g/mol. The number of ether oxygens (including phenoxy) is 2. The Morgan fingerprint density at radius 3 is 2.81 bits per heavy atom. The number of nitrogens with zero attached hydrogens (tertiary/aromatic N) is 5. The second kappa shape index (κ2) is 9.54. The van der Waals surface area contributed by atoms with Crippen LogP contribution < -0.4 is 4.90 Å². The van der Waals surface area contributed by atoms with Gasteiger partial charge in [0.15, 0.2) is 5.82 Å². The Kier molecular flexibility index (Phi) is 6.57. The predicted molar refractivity (Wildman–Crippen MR) is 123 cm³/mol. The number of benzene rings is 1. The highest BCUT2D eigenvalue weighted by Gasteiger charge is 2.25. The van der Waals surface area contributed by atoms with Gasteiger partial charge in [0, 0.05) is 42.2 Å². The van der Waals surface area contributed by atoms with Crippen molar-refractivity contribution in [3.63, 3.8) is 0 Å². The second-order valence-corrected chi connectivity index (χ2v) is 8.36. The summed E-state index contributed by atoms with van der Waals surface area (Å²) >= 11 is 1.61. The molecule has 1 aromatic carbocycles. The van der Waals surface area contributed by atoms with Crippen LogP contribution in [0.25, 0.3) is 6.08 Å². The Balaban J connectivity index is 1.60. The molecule has 9 heteroatoms. The Labute approximate surface area is 191 Å². The summed E-state index contributed by atoms with van der Waals surface area (Å²) in [5, 5.41) is 0.864. The quantitative estimate of drug-likeness (QED) is 0.390. The summed E-state index contributed by atoms with van der Waals surface area (Å²) in [6, 6.07) is 6.36. The molecule has 0 amide bonds. The van der Waals surface area contributed by atoms with Crippen molar-refractivity contribution in [2.45, 2.75) is 37.2 Å². The molecule has 0 atom stereocenters. The molecule has 0 spiro atoms. The van der Waals surface area contributed by atoms with Crippen molar-refractivity contribution < 1.29 is 14.3 Å². The first-order chi connectivity index (χ1) is 15.5. The Bertz CT molecular complexity index is 1170. The molecule has 2 aromatic heterocycles. The number of imidazole rings is 1. The van der Waals surface area contributed by atoms with E-state index in [2.05, 4.69) is 37.7 Å². The number of carbonyl (C=O) groups is 1. The number of hydrogen-bond donors (Lipinski definition) is 0. The number of carbonyl (C=O) groups excluding carboxylic acids is 1. The fourth-order valence-corrected chi connectivity index (χ4v) is 4.46. The standard InChI is InChI=1S/C23H25N5O3S/c1-5-31-23(29)15(2)10-18-16(3)27(13-26-18)12-17-6-7-20-19(11-17)28(14-30-4)21-22(32-20)25-9-8-24-21/h6-11,13H,5,12,14H2,1-4H3. The average molecular weight is 452 g/mol. The van der Waals surface area contributed by atoms with Crippen LogP contribution in [0.2, 0.25) is 0 Å². The summed E-state index contributed by atoms with van der Waals surface area (Å²) in [5.74, 6) is 0.472. The maximum atomic E-state index is 11.9. The molecule has 0 saturated heterocycles. The first kappa shape index (κ1) is 22.0. The van der Waals surface area contributed by atoms with E-state index in [0.29, 0.717) is 25.5 Å². The summed E-state index contributed by atoms with van der Waals surface area (Å²) in [6.07, 6.45) is 6.96. The van der Waals surface area contributed by atoms with Gasteiger partial charge in [-0.25, -0.2) is 19.7 Å². The number of rotatable bonds is 7. The van der Waals surface area contributed by atoms with Gasteiger partial charge in [-0.15, -0.1) is 0 Å². The average Bonchev–Trinajstić information content (AvgIpc) is 3.13. The Hall–Kier alpha value is -3.17. The first-order valence-electron chi connectivity index (χ1n) is 10.3. The highest BCUT2D eigenvalue weighted by atomic mass is 32.2. The van der Waals surface area contributed by atoms with E-state index in [-0.39, 0.29) is 5.97 Å². The van der Waals surface area contributed by atoms with Gasteiger partial charge in [-0.2, -0.15) is 0 Å². The van der Waals surface area contributed by atoms with Crippen molar-refractivity contribution in [2.75, 3.05) is 25.3 Å². The van der Waals surface area contributed by atoms with Crippen LogP contribution in [0.15, 0.2) is 52.4 Å². The fourth-order valence-electron chi connectivity index (χ4n) is 3.48. The minimum absolute atomic E-state index is 0.324. The van der Waals surface area contributed by atoms with E-state index >= 15 is 0 Å². The normalized spacial score (nSPS) is 13.0. The summed E-state index contributed by atoms with van der Waals surface area (Å²) in [5.41, 5.74) is 4.43. The molecule has 8 nitrogen and oxygen atoms in total. The molecule has 1 aliphatic rings. The van der Waals surface area contributed by atoms with Crippen molar-refractivity contribution in [1.29, 1.82) is 0 Å². The highest BCUT2D eigenvalue weighted by Crippen LogP contribution is 2.46. The lowest BCUT2D eigenvalue weighted by atomic mass is 10.1. The van der Waals surface area contributed by atoms with Crippen LogP contribution in [0.3, 0.4) is 0 Å². The van der Waals surface area contributed by atoms with E-state index < -0.39 is 0 Å². The van der Waals surface area contributed by atoms with Gasteiger partial charge < -0.3 is 14.0 Å². The predicted octanol–water partition coefficient (Wildman–Crippen LogP) is 4.20. The van der Waals surface area contributed by atoms with E-state index in [0.717, 1.165) is 38.4 Å². The van der Waals surface area contributed by atoms with Crippen molar-refractivity contribution in [3.05, 3.63) is 59.4 Å². The lowest BCUT2D eigenvalue weighted by Gasteiger charge is -2.30. The van der Waals surface area contributed by atoms with Crippen molar-refractivity contribution in [3.8, 4) is 0 Å². The van der Waals surface area contributed by atoms with Crippen LogP contribution in [0.4, 0.5) is 11.5 Å². The summed E-state index contributed by atoms with van der Waals surface area (Å²) < 4.78 is 12.6. The molecule has 166 valence electrons. The smallest absolute Gasteiger partial charge is 0.333 e. The fraction of sp³-hybridized carbons (Fsp3) is 0.304. The summed E-state index contributed by atoms with van der Waals surface area (Å²) in [7, 11) is 1.67. The number of hydrogen-bond acceptors (Lipinski definition) is 8. The largest absolute Gasteiger partial charge is 0.463 e. The number of methoxy groups -OCH3 is 1.